The van der Waals surface area contributed by atoms with Gasteiger partial charge in [-0.15, -0.1) is 0 Å². The number of carbonyl (C=O) groups is 1. The van der Waals surface area contributed by atoms with Gasteiger partial charge in [-0.1, -0.05) is 42.0 Å². The number of nitro groups is 1. The molecule has 0 heterocycles. The fraction of sp³-hybridized carbons (Fsp3) is 0.161. The average Bonchev–Trinajstić information content (AvgIpc) is 3.03. The lowest BCUT2D eigenvalue weighted by molar-refractivity contribution is -0.387. The van der Waals surface area contributed by atoms with Gasteiger partial charge < -0.3 is 14.2 Å². The summed E-state index contributed by atoms with van der Waals surface area (Å²) in [7, 11) is -1.90. The molecule has 228 valence electrons. The highest BCUT2D eigenvalue weighted by atomic mass is 32.2. The molecular weight excluding hydrogens is 588 g/mol. The molecule has 0 radical (unpaired) electrons. The third kappa shape index (κ3) is 7.69. The van der Waals surface area contributed by atoms with E-state index in [9.17, 15) is 23.3 Å². The maximum atomic E-state index is 13.8. The number of nitrogens with zero attached hydrogens (tertiary/aromatic N) is 3. The summed E-state index contributed by atoms with van der Waals surface area (Å²) < 4.78 is 44.7. The van der Waals surface area contributed by atoms with Gasteiger partial charge in [-0.05, 0) is 60.5 Å². The number of hydrazone groups is 1. The number of rotatable bonds is 13. The lowest BCUT2D eigenvalue weighted by Gasteiger charge is -2.25. The average molecular weight is 619 g/mol. The number of aryl methyl sites for hydroxylation is 1. The molecule has 4 aromatic rings. The summed E-state index contributed by atoms with van der Waals surface area (Å²) >= 11 is 0. The van der Waals surface area contributed by atoms with Gasteiger partial charge >= 0.3 is 0 Å². The van der Waals surface area contributed by atoms with Crippen LogP contribution in [-0.4, -0.2) is 46.2 Å². The van der Waals surface area contributed by atoms with Crippen molar-refractivity contribution in [2.24, 2.45) is 5.10 Å². The van der Waals surface area contributed by atoms with Crippen molar-refractivity contribution in [1.29, 1.82) is 0 Å². The molecule has 1 amide bonds. The molecule has 0 saturated heterocycles. The van der Waals surface area contributed by atoms with Crippen LogP contribution in [0.4, 0.5) is 11.4 Å². The lowest BCUT2D eigenvalue weighted by Crippen LogP contribution is -2.40. The summed E-state index contributed by atoms with van der Waals surface area (Å²) in [6.45, 7) is 1.66. The molecule has 12 nitrogen and oxygen atoms in total. The van der Waals surface area contributed by atoms with Crippen LogP contribution in [0.15, 0.2) is 101 Å². The minimum atomic E-state index is -4.64. The first-order chi connectivity index (χ1) is 21.1. The first-order valence-electron chi connectivity index (χ1n) is 13.2. The van der Waals surface area contributed by atoms with Gasteiger partial charge in [-0.25, -0.2) is 13.8 Å². The molecule has 0 saturated carbocycles. The highest BCUT2D eigenvalue weighted by Gasteiger charge is 2.34. The Balaban J connectivity index is 1.51. The molecule has 4 aromatic carbocycles. The Morgan fingerprint density at radius 2 is 1.64 bits per heavy atom. The van der Waals surface area contributed by atoms with E-state index < -0.39 is 38.0 Å². The van der Waals surface area contributed by atoms with Gasteiger partial charge in [0.25, 0.3) is 21.6 Å². The van der Waals surface area contributed by atoms with Crippen LogP contribution in [0.5, 0.6) is 17.2 Å². The van der Waals surface area contributed by atoms with E-state index in [2.05, 4.69) is 10.5 Å². The number of nitro benzene ring substituents is 1. The summed E-state index contributed by atoms with van der Waals surface area (Å²) in [5.41, 5.74) is 4.48. The van der Waals surface area contributed by atoms with Crippen molar-refractivity contribution >= 4 is 33.5 Å². The van der Waals surface area contributed by atoms with E-state index in [4.69, 9.17) is 14.2 Å². The first kappa shape index (κ1) is 31.5. The highest BCUT2D eigenvalue weighted by molar-refractivity contribution is 7.93. The molecule has 0 fully saturated rings. The molecule has 44 heavy (non-hydrogen) atoms. The Hall–Kier alpha value is -5.43. The number of benzene rings is 4. The zero-order valence-corrected chi connectivity index (χ0v) is 25.0. The molecule has 0 bridgehead atoms. The molecule has 0 atom stereocenters. The summed E-state index contributed by atoms with van der Waals surface area (Å²) in [4.78, 5) is 23.2. The Kier molecular flexibility index (Phi) is 10.1. The van der Waals surface area contributed by atoms with Gasteiger partial charge in [0.15, 0.2) is 4.90 Å². The Bertz CT molecular complexity index is 1760. The molecule has 1 N–H and O–H groups in total. The number of methoxy groups -OCH3 is 2. The standard InChI is InChI=1S/C31H30N4O8S/c1-22-8-10-24(11-9-22)21-43-25-14-12-23(13-15-25)19-32-33-31(36)20-34(27-17-16-26(41-2)18-29(27)42-3)44(39,40)30-7-5-4-6-28(30)35(37)38/h4-19H,20-21H2,1-3H3,(H,33,36)/b32-19-. The van der Waals surface area contributed by atoms with Gasteiger partial charge in [0.05, 0.1) is 31.0 Å². The van der Waals surface area contributed by atoms with E-state index in [-0.39, 0.29) is 11.4 Å². The Morgan fingerprint density at radius 3 is 2.30 bits per heavy atom. The van der Waals surface area contributed by atoms with Gasteiger partial charge in [0.2, 0.25) is 0 Å². The molecular formula is C31H30N4O8S. The number of amides is 1. The summed E-state index contributed by atoms with van der Waals surface area (Å²) in [5, 5.41) is 15.6. The van der Waals surface area contributed by atoms with Crippen molar-refractivity contribution in [3.05, 3.63) is 118 Å². The van der Waals surface area contributed by atoms with Gasteiger partial charge in [0, 0.05) is 12.1 Å². The van der Waals surface area contributed by atoms with Gasteiger partial charge in [-0.2, -0.15) is 5.10 Å². The van der Waals surface area contributed by atoms with Crippen LogP contribution in [-0.2, 0) is 21.4 Å². The fourth-order valence-corrected chi connectivity index (χ4v) is 5.67. The number of hydrogen-bond acceptors (Lipinski definition) is 9. The van der Waals surface area contributed by atoms with E-state index in [0.29, 0.717) is 23.7 Å². The van der Waals surface area contributed by atoms with Crippen LogP contribution in [0, 0.1) is 17.0 Å². The van der Waals surface area contributed by atoms with Crippen LogP contribution in [0.3, 0.4) is 0 Å². The van der Waals surface area contributed by atoms with Crippen molar-refractivity contribution < 1.29 is 32.3 Å². The first-order valence-corrected chi connectivity index (χ1v) is 14.6. The minimum absolute atomic E-state index is 0.0354. The maximum Gasteiger partial charge on any atom is 0.289 e. The van der Waals surface area contributed by atoms with Crippen molar-refractivity contribution in [2.45, 2.75) is 18.4 Å². The van der Waals surface area contributed by atoms with E-state index in [0.717, 1.165) is 22.0 Å². The second-order valence-corrected chi connectivity index (χ2v) is 11.2. The minimum Gasteiger partial charge on any atom is -0.497 e. The van der Waals surface area contributed by atoms with Crippen molar-refractivity contribution in [2.75, 3.05) is 25.1 Å². The van der Waals surface area contributed by atoms with E-state index >= 15 is 0 Å². The van der Waals surface area contributed by atoms with Crippen LogP contribution in [0.25, 0.3) is 0 Å². The third-order valence-corrected chi connectivity index (χ3v) is 8.19. The number of hydrogen-bond donors (Lipinski definition) is 1. The molecule has 0 aliphatic carbocycles. The second-order valence-electron chi connectivity index (χ2n) is 9.41. The monoisotopic (exact) mass is 618 g/mol. The normalized spacial score (nSPS) is 11.2. The van der Waals surface area contributed by atoms with Gasteiger partial charge in [-0.3, -0.25) is 19.2 Å². The van der Waals surface area contributed by atoms with E-state index in [1.807, 2.05) is 31.2 Å². The predicted molar refractivity (Wildman–Crippen MR) is 165 cm³/mol. The summed E-state index contributed by atoms with van der Waals surface area (Å²) in [6.07, 6.45) is 1.39. The zero-order valence-electron chi connectivity index (χ0n) is 24.2. The molecule has 13 heteroatoms. The number of para-hydroxylation sites is 1. The quantitative estimate of drug-likeness (QED) is 0.127. The highest BCUT2D eigenvalue weighted by Crippen LogP contribution is 2.37. The molecule has 0 spiro atoms. The molecule has 0 aromatic heterocycles. The predicted octanol–water partition coefficient (Wildman–Crippen LogP) is 4.85. The fourth-order valence-electron chi connectivity index (χ4n) is 4.08. The summed E-state index contributed by atoms with van der Waals surface area (Å²) in [5.74, 6) is 0.275. The number of anilines is 1. The van der Waals surface area contributed by atoms with Crippen molar-refractivity contribution in [3.8, 4) is 17.2 Å². The topological polar surface area (TPSA) is 150 Å². The van der Waals surface area contributed by atoms with E-state index in [1.165, 1.54) is 56.3 Å². The Labute approximate surface area is 254 Å². The van der Waals surface area contributed by atoms with Gasteiger partial charge in [0.1, 0.15) is 30.4 Å². The van der Waals surface area contributed by atoms with Crippen LogP contribution in [0.1, 0.15) is 16.7 Å². The van der Waals surface area contributed by atoms with Crippen molar-refractivity contribution in [3.63, 3.8) is 0 Å². The lowest BCUT2D eigenvalue weighted by atomic mass is 10.2. The molecule has 0 unspecified atom stereocenters. The smallest absolute Gasteiger partial charge is 0.289 e. The zero-order chi connectivity index (χ0) is 31.7. The largest absolute Gasteiger partial charge is 0.497 e. The van der Waals surface area contributed by atoms with Crippen LogP contribution >= 0.6 is 0 Å². The number of nitrogens with one attached hydrogen (secondary N) is 1. The summed E-state index contributed by atoms with van der Waals surface area (Å²) in [6, 6.07) is 24.2. The Morgan fingerprint density at radius 1 is 0.955 bits per heavy atom. The number of ether oxygens (including phenoxy) is 3. The molecule has 4 rings (SSSR count). The van der Waals surface area contributed by atoms with E-state index in [1.54, 1.807) is 24.3 Å². The molecule has 0 aliphatic heterocycles. The van der Waals surface area contributed by atoms with Crippen LogP contribution in [0.2, 0.25) is 0 Å². The third-order valence-electron chi connectivity index (χ3n) is 6.38. The second kappa shape index (κ2) is 14.2. The van der Waals surface area contributed by atoms with Crippen molar-refractivity contribution in [1.82, 2.24) is 5.43 Å². The SMILES string of the molecule is COc1ccc(N(CC(=O)N/N=C\c2ccc(OCc3ccc(C)cc3)cc2)S(=O)(=O)c2ccccc2[N+](=O)[O-])c(OC)c1. The number of carbonyl (C=O) groups excluding carboxylic acids is 1. The number of sulfonamides is 1. The van der Waals surface area contributed by atoms with Crippen LogP contribution < -0.4 is 23.9 Å². The molecule has 0 aliphatic rings. The maximum absolute atomic E-state index is 13.8.